The number of aryl methyl sites for hydroxylation is 1. The van der Waals surface area contributed by atoms with Gasteiger partial charge in [-0.1, -0.05) is 18.2 Å². The van der Waals surface area contributed by atoms with Crippen LogP contribution in [-0.2, 0) is 13.0 Å². The van der Waals surface area contributed by atoms with Crippen molar-refractivity contribution in [2.45, 2.75) is 25.9 Å². The Hall–Kier alpha value is -4.42. The molecule has 0 spiro atoms. The molecule has 1 fully saturated rings. The van der Waals surface area contributed by atoms with Crippen LogP contribution in [0.3, 0.4) is 0 Å². The summed E-state index contributed by atoms with van der Waals surface area (Å²) < 4.78 is 5.78. The first kappa shape index (κ1) is 25.2. The van der Waals surface area contributed by atoms with E-state index < -0.39 is 5.91 Å². The van der Waals surface area contributed by atoms with E-state index >= 15 is 0 Å². The van der Waals surface area contributed by atoms with Crippen LogP contribution >= 0.6 is 0 Å². The monoisotopic (exact) mass is 509 g/mol. The summed E-state index contributed by atoms with van der Waals surface area (Å²) in [5, 5.41) is 10.3. The maximum atomic E-state index is 11.6. The van der Waals surface area contributed by atoms with Gasteiger partial charge in [0.1, 0.15) is 6.61 Å². The molecule has 0 aliphatic carbocycles. The third-order valence-corrected chi connectivity index (χ3v) is 7.01. The number of anilines is 1. The fourth-order valence-corrected chi connectivity index (χ4v) is 4.87. The SMILES string of the molecule is N#Cc1ccc2[nH]cc(CCCCN3CCN(c4ncc(OCc5ccccc5C(N)=O)cn4)CC3)c2c1. The van der Waals surface area contributed by atoms with Crippen molar-refractivity contribution >= 4 is 22.8 Å². The lowest BCUT2D eigenvalue weighted by atomic mass is 10.1. The van der Waals surface area contributed by atoms with Crippen LogP contribution in [0.2, 0.25) is 0 Å². The smallest absolute Gasteiger partial charge is 0.249 e. The molecule has 194 valence electrons. The number of nitriles is 1. The Morgan fingerprint density at radius 3 is 2.61 bits per heavy atom. The number of primary amides is 1. The number of carbonyl (C=O) groups excluding carboxylic acids is 1. The number of hydrogen-bond donors (Lipinski definition) is 2. The van der Waals surface area contributed by atoms with Crippen molar-refractivity contribution in [2.75, 3.05) is 37.6 Å². The van der Waals surface area contributed by atoms with E-state index in [1.807, 2.05) is 30.3 Å². The van der Waals surface area contributed by atoms with Gasteiger partial charge in [0, 0.05) is 54.4 Å². The van der Waals surface area contributed by atoms with Crippen molar-refractivity contribution < 1.29 is 9.53 Å². The summed E-state index contributed by atoms with van der Waals surface area (Å²) in [6.45, 7) is 5.01. The van der Waals surface area contributed by atoms with Crippen LogP contribution < -0.4 is 15.4 Å². The zero-order chi connectivity index (χ0) is 26.3. The molecule has 38 heavy (non-hydrogen) atoms. The summed E-state index contributed by atoms with van der Waals surface area (Å²) in [6, 6.07) is 15.2. The summed E-state index contributed by atoms with van der Waals surface area (Å²) >= 11 is 0. The molecule has 0 unspecified atom stereocenters. The number of piperazine rings is 1. The molecule has 3 N–H and O–H groups in total. The standard InChI is InChI=1S/C29H31N7O2/c30-16-21-8-9-27-26(15-21)22(17-32-27)5-3-4-10-35-11-13-36(14-12-35)29-33-18-24(19-34-29)38-20-23-6-1-2-7-25(23)28(31)37/h1-2,6-9,15,17-19,32H,3-5,10-14,20H2,(H2,31,37). The fourth-order valence-electron chi connectivity index (χ4n) is 4.87. The number of hydrogen-bond acceptors (Lipinski definition) is 7. The number of nitrogens with zero attached hydrogens (tertiary/aromatic N) is 5. The summed E-state index contributed by atoms with van der Waals surface area (Å²) in [6.07, 6.45) is 8.66. The lowest BCUT2D eigenvalue weighted by molar-refractivity contribution is 0.0998. The number of aromatic amines is 1. The Bertz CT molecular complexity index is 1430. The molecular weight excluding hydrogens is 478 g/mol. The van der Waals surface area contributed by atoms with E-state index in [1.165, 1.54) is 5.56 Å². The topological polar surface area (TPSA) is 124 Å². The van der Waals surface area contributed by atoms with Crippen molar-refractivity contribution in [1.82, 2.24) is 19.9 Å². The number of amides is 1. The van der Waals surface area contributed by atoms with Gasteiger partial charge in [0.25, 0.3) is 0 Å². The number of unbranched alkanes of at least 4 members (excludes halogenated alkanes) is 1. The number of aromatic nitrogens is 3. The molecule has 9 nitrogen and oxygen atoms in total. The summed E-state index contributed by atoms with van der Waals surface area (Å²) in [4.78, 5) is 28.6. The van der Waals surface area contributed by atoms with Crippen LogP contribution in [0.5, 0.6) is 5.75 Å². The summed E-state index contributed by atoms with van der Waals surface area (Å²) in [5.74, 6) is 0.774. The average molecular weight is 510 g/mol. The number of fused-ring (bicyclic) bond motifs is 1. The van der Waals surface area contributed by atoms with Gasteiger partial charge in [0.2, 0.25) is 11.9 Å². The van der Waals surface area contributed by atoms with Gasteiger partial charge >= 0.3 is 0 Å². The third kappa shape index (κ3) is 5.93. The van der Waals surface area contributed by atoms with Gasteiger partial charge in [-0.05, 0) is 55.6 Å². The number of nitrogens with two attached hydrogens (primary N) is 1. The first-order valence-electron chi connectivity index (χ1n) is 12.9. The molecule has 1 aliphatic rings. The van der Waals surface area contributed by atoms with Crippen LogP contribution in [0.1, 0.15) is 39.9 Å². The van der Waals surface area contributed by atoms with E-state index in [1.54, 1.807) is 24.5 Å². The zero-order valence-corrected chi connectivity index (χ0v) is 21.3. The van der Waals surface area contributed by atoms with E-state index in [-0.39, 0.29) is 6.61 Å². The van der Waals surface area contributed by atoms with Gasteiger partial charge in [0.15, 0.2) is 5.75 Å². The highest BCUT2D eigenvalue weighted by Gasteiger charge is 2.19. The number of nitrogens with one attached hydrogen (secondary N) is 1. The molecule has 0 bridgehead atoms. The Balaban J connectivity index is 1.04. The van der Waals surface area contributed by atoms with E-state index in [0.29, 0.717) is 22.8 Å². The van der Waals surface area contributed by atoms with Crippen LogP contribution in [0, 0.1) is 11.3 Å². The molecule has 5 rings (SSSR count). The second-order valence-corrected chi connectivity index (χ2v) is 9.50. The van der Waals surface area contributed by atoms with Crippen LogP contribution in [0.25, 0.3) is 10.9 Å². The second-order valence-electron chi connectivity index (χ2n) is 9.50. The Morgan fingerprint density at radius 2 is 1.84 bits per heavy atom. The van der Waals surface area contributed by atoms with Crippen molar-refractivity contribution in [3.05, 3.63) is 83.3 Å². The number of benzene rings is 2. The van der Waals surface area contributed by atoms with E-state index in [9.17, 15) is 10.1 Å². The molecule has 0 atom stereocenters. The Kier molecular flexibility index (Phi) is 7.81. The Morgan fingerprint density at radius 1 is 1.05 bits per heavy atom. The molecule has 0 saturated carbocycles. The average Bonchev–Trinajstić information content (AvgIpc) is 3.37. The lowest BCUT2D eigenvalue weighted by Crippen LogP contribution is -2.47. The summed E-state index contributed by atoms with van der Waals surface area (Å²) in [5.41, 5.74) is 9.70. The van der Waals surface area contributed by atoms with Crippen molar-refractivity contribution in [1.29, 1.82) is 5.26 Å². The molecule has 0 radical (unpaired) electrons. The number of H-pyrrole nitrogens is 1. The van der Waals surface area contributed by atoms with Gasteiger partial charge in [-0.2, -0.15) is 5.26 Å². The molecule has 1 saturated heterocycles. The van der Waals surface area contributed by atoms with E-state index in [4.69, 9.17) is 10.5 Å². The minimum Gasteiger partial charge on any atom is -0.486 e. The Labute approximate surface area is 221 Å². The number of ether oxygens (including phenoxy) is 1. The predicted molar refractivity (Wildman–Crippen MR) is 146 cm³/mol. The molecule has 1 aliphatic heterocycles. The van der Waals surface area contributed by atoms with E-state index in [2.05, 4.69) is 37.0 Å². The summed E-state index contributed by atoms with van der Waals surface area (Å²) in [7, 11) is 0. The predicted octanol–water partition coefficient (Wildman–Crippen LogP) is 3.65. The van der Waals surface area contributed by atoms with Gasteiger partial charge in [-0.15, -0.1) is 0 Å². The normalized spacial score (nSPS) is 13.9. The maximum absolute atomic E-state index is 11.6. The van der Waals surface area contributed by atoms with Crippen LogP contribution in [-0.4, -0.2) is 58.5 Å². The minimum absolute atomic E-state index is 0.224. The van der Waals surface area contributed by atoms with Crippen molar-refractivity contribution in [2.24, 2.45) is 5.73 Å². The molecule has 1 amide bonds. The molecule has 3 heterocycles. The quantitative estimate of drug-likeness (QED) is 0.313. The van der Waals surface area contributed by atoms with Crippen LogP contribution in [0.15, 0.2) is 61.1 Å². The molecular formula is C29H31N7O2. The van der Waals surface area contributed by atoms with Crippen molar-refractivity contribution in [3.63, 3.8) is 0 Å². The fraction of sp³-hybridized carbons (Fsp3) is 0.310. The molecule has 2 aromatic carbocycles. The number of rotatable bonds is 10. The molecule has 4 aromatic rings. The van der Waals surface area contributed by atoms with E-state index in [0.717, 1.165) is 68.5 Å². The largest absolute Gasteiger partial charge is 0.486 e. The van der Waals surface area contributed by atoms with Gasteiger partial charge < -0.3 is 20.4 Å². The van der Waals surface area contributed by atoms with Gasteiger partial charge in [0.05, 0.1) is 24.0 Å². The second kappa shape index (κ2) is 11.8. The molecule has 9 heteroatoms. The lowest BCUT2D eigenvalue weighted by Gasteiger charge is -2.34. The highest BCUT2D eigenvalue weighted by molar-refractivity contribution is 5.94. The minimum atomic E-state index is -0.473. The van der Waals surface area contributed by atoms with Gasteiger partial charge in [-0.25, -0.2) is 9.97 Å². The first-order chi connectivity index (χ1) is 18.6. The zero-order valence-electron chi connectivity index (χ0n) is 21.3. The highest BCUT2D eigenvalue weighted by Crippen LogP contribution is 2.22. The van der Waals surface area contributed by atoms with Gasteiger partial charge in [-0.3, -0.25) is 9.69 Å². The third-order valence-electron chi connectivity index (χ3n) is 7.01. The maximum Gasteiger partial charge on any atom is 0.249 e. The van der Waals surface area contributed by atoms with Crippen LogP contribution in [0.4, 0.5) is 5.95 Å². The molecule has 2 aromatic heterocycles. The highest BCUT2D eigenvalue weighted by atomic mass is 16.5. The van der Waals surface area contributed by atoms with Crippen molar-refractivity contribution in [3.8, 4) is 11.8 Å². The first-order valence-corrected chi connectivity index (χ1v) is 12.9. The number of carbonyl (C=O) groups is 1.